The monoisotopic (exact) mass is 376 g/mol. The van der Waals surface area contributed by atoms with E-state index >= 15 is 0 Å². The molecule has 0 fully saturated rings. The van der Waals surface area contributed by atoms with Gasteiger partial charge < -0.3 is 14.6 Å². The standard InChI is InChI=1S/C25H32N2O/c1-4-18(25(27(2)3)19-10-6-5-7-11-19)14-15-23-24-21(16-17-28-23)20-12-8-9-13-22(20)26-24/h5-13,18,23,25-26H,4,14-17H2,1-3H3. The molecule has 0 saturated carbocycles. The summed E-state index contributed by atoms with van der Waals surface area (Å²) in [6.45, 7) is 3.15. The van der Waals surface area contributed by atoms with Crippen LogP contribution < -0.4 is 0 Å². The predicted octanol–water partition coefficient (Wildman–Crippen LogP) is 5.89. The first kappa shape index (κ1) is 19.2. The van der Waals surface area contributed by atoms with Gasteiger partial charge in [-0.3, -0.25) is 0 Å². The van der Waals surface area contributed by atoms with Crippen molar-refractivity contribution < 1.29 is 4.74 Å². The molecule has 3 atom stereocenters. The SMILES string of the molecule is CCC(CCC1OCCc2c1[nH]c1ccccc21)C(c1ccccc1)N(C)C. The Bertz CT molecular complexity index is 899. The van der Waals surface area contributed by atoms with Gasteiger partial charge in [-0.2, -0.15) is 0 Å². The number of aromatic amines is 1. The summed E-state index contributed by atoms with van der Waals surface area (Å²) in [7, 11) is 4.40. The van der Waals surface area contributed by atoms with Gasteiger partial charge in [0.15, 0.2) is 0 Å². The summed E-state index contributed by atoms with van der Waals surface area (Å²) < 4.78 is 6.23. The van der Waals surface area contributed by atoms with Crippen LogP contribution >= 0.6 is 0 Å². The predicted molar refractivity (Wildman–Crippen MR) is 117 cm³/mol. The number of nitrogens with zero attached hydrogens (tertiary/aromatic N) is 1. The third-order valence-corrected chi connectivity index (χ3v) is 6.31. The summed E-state index contributed by atoms with van der Waals surface area (Å²) in [5.74, 6) is 0.607. The van der Waals surface area contributed by atoms with E-state index in [1.54, 1.807) is 0 Å². The van der Waals surface area contributed by atoms with E-state index in [1.165, 1.54) is 34.1 Å². The maximum atomic E-state index is 6.23. The number of hydrogen-bond acceptors (Lipinski definition) is 2. The highest BCUT2D eigenvalue weighted by molar-refractivity contribution is 5.85. The third kappa shape index (κ3) is 3.74. The van der Waals surface area contributed by atoms with E-state index in [-0.39, 0.29) is 6.10 Å². The summed E-state index contributed by atoms with van der Waals surface area (Å²) in [5, 5.41) is 1.37. The quantitative estimate of drug-likeness (QED) is 0.557. The highest BCUT2D eigenvalue weighted by Gasteiger charge is 2.28. The highest BCUT2D eigenvalue weighted by Crippen LogP contribution is 2.38. The first-order valence-electron chi connectivity index (χ1n) is 10.6. The lowest BCUT2D eigenvalue weighted by Gasteiger charge is -2.34. The minimum atomic E-state index is 0.184. The van der Waals surface area contributed by atoms with Crippen molar-refractivity contribution >= 4 is 10.9 Å². The van der Waals surface area contributed by atoms with Gasteiger partial charge in [-0.05, 0) is 56.5 Å². The van der Waals surface area contributed by atoms with Crippen molar-refractivity contribution in [1.82, 2.24) is 9.88 Å². The van der Waals surface area contributed by atoms with Crippen LogP contribution in [0.4, 0.5) is 0 Å². The summed E-state index contributed by atoms with van der Waals surface area (Å²) in [6, 6.07) is 20.0. The fourth-order valence-electron chi connectivity index (χ4n) is 4.97. The van der Waals surface area contributed by atoms with Crippen LogP contribution in [0.15, 0.2) is 54.6 Å². The van der Waals surface area contributed by atoms with E-state index in [2.05, 4.69) is 85.5 Å². The van der Waals surface area contributed by atoms with Gasteiger partial charge in [0.1, 0.15) is 0 Å². The Morgan fingerprint density at radius 3 is 2.57 bits per heavy atom. The molecule has 2 aromatic carbocycles. The number of aromatic nitrogens is 1. The van der Waals surface area contributed by atoms with Gasteiger partial charge >= 0.3 is 0 Å². The largest absolute Gasteiger partial charge is 0.372 e. The molecule has 1 N–H and O–H groups in total. The van der Waals surface area contributed by atoms with Crippen molar-refractivity contribution in [2.45, 2.75) is 44.8 Å². The lowest BCUT2D eigenvalue weighted by atomic mass is 9.85. The van der Waals surface area contributed by atoms with Crippen LogP contribution in [0.25, 0.3) is 10.9 Å². The van der Waals surface area contributed by atoms with Crippen molar-refractivity contribution in [2.24, 2.45) is 5.92 Å². The van der Waals surface area contributed by atoms with Gasteiger partial charge in [0.2, 0.25) is 0 Å². The van der Waals surface area contributed by atoms with E-state index in [9.17, 15) is 0 Å². The van der Waals surface area contributed by atoms with Gasteiger partial charge in [0, 0.05) is 22.6 Å². The molecule has 3 nitrogen and oxygen atoms in total. The molecule has 3 aromatic rings. The molecule has 148 valence electrons. The highest BCUT2D eigenvalue weighted by atomic mass is 16.5. The Kier molecular flexibility index (Phi) is 5.84. The minimum Gasteiger partial charge on any atom is -0.372 e. The zero-order chi connectivity index (χ0) is 19.5. The van der Waals surface area contributed by atoms with E-state index in [4.69, 9.17) is 4.74 Å². The number of rotatable bonds is 7. The Hall–Kier alpha value is -2.10. The van der Waals surface area contributed by atoms with Gasteiger partial charge in [0.25, 0.3) is 0 Å². The molecule has 0 aliphatic carbocycles. The smallest absolute Gasteiger partial charge is 0.0975 e. The molecule has 28 heavy (non-hydrogen) atoms. The molecule has 1 aliphatic heterocycles. The van der Waals surface area contributed by atoms with Crippen LogP contribution in [0.1, 0.15) is 55.2 Å². The van der Waals surface area contributed by atoms with Crippen molar-refractivity contribution in [3.63, 3.8) is 0 Å². The van der Waals surface area contributed by atoms with E-state index in [0.29, 0.717) is 12.0 Å². The number of ether oxygens (including phenoxy) is 1. The number of fused-ring (bicyclic) bond motifs is 3. The topological polar surface area (TPSA) is 28.3 Å². The van der Waals surface area contributed by atoms with Gasteiger partial charge in [-0.1, -0.05) is 61.9 Å². The third-order valence-electron chi connectivity index (χ3n) is 6.31. The van der Waals surface area contributed by atoms with Gasteiger partial charge in [-0.15, -0.1) is 0 Å². The average Bonchev–Trinajstić information content (AvgIpc) is 3.11. The van der Waals surface area contributed by atoms with Gasteiger partial charge in [-0.25, -0.2) is 0 Å². The maximum absolute atomic E-state index is 6.23. The summed E-state index contributed by atoms with van der Waals surface area (Å²) >= 11 is 0. The zero-order valence-electron chi connectivity index (χ0n) is 17.3. The molecule has 0 saturated heterocycles. The van der Waals surface area contributed by atoms with Crippen LogP contribution in [-0.2, 0) is 11.2 Å². The molecule has 2 heterocycles. The molecule has 1 aromatic heterocycles. The summed E-state index contributed by atoms with van der Waals surface area (Å²) in [6.07, 6.45) is 4.59. The second kappa shape index (κ2) is 8.50. The van der Waals surface area contributed by atoms with Crippen LogP contribution in [0.5, 0.6) is 0 Å². The first-order chi connectivity index (χ1) is 13.7. The van der Waals surface area contributed by atoms with Crippen LogP contribution in [-0.4, -0.2) is 30.6 Å². The maximum Gasteiger partial charge on any atom is 0.0975 e. The Labute approximate surface area is 168 Å². The molecular formula is C25H32N2O. The molecule has 0 bridgehead atoms. The van der Waals surface area contributed by atoms with Crippen LogP contribution in [0.2, 0.25) is 0 Å². The van der Waals surface area contributed by atoms with Crippen molar-refractivity contribution in [3.8, 4) is 0 Å². The van der Waals surface area contributed by atoms with E-state index in [1.807, 2.05) is 0 Å². The first-order valence-corrected chi connectivity index (χ1v) is 10.6. The molecule has 0 radical (unpaired) electrons. The van der Waals surface area contributed by atoms with E-state index < -0.39 is 0 Å². The normalized spacial score (nSPS) is 18.9. The molecule has 3 unspecified atom stereocenters. The van der Waals surface area contributed by atoms with Gasteiger partial charge in [0.05, 0.1) is 12.7 Å². The molecule has 4 rings (SSSR count). The zero-order valence-corrected chi connectivity index (χ0v) is 17.3. The average molecular weight is 377 g/mol. The molecule has 0 spiro atoms. The lowest BCUT2D eigenvalue weighted by molar-refractivity contribution is 0.0265. The van der Waals surface area contributed by atoms with Crippen molar-refractivity contribution in [2.75, 3.05) is 20.7 Å². The van der Waals surface area contributed by atoms with Crippen molar-refractivity contribution in [1.29, 1.82) is 0 Å². The minimum absolute atomic E-state index is 0.184. The molecule has 3 heteroatoms. The van der Waals surface area contributed by atoms with Crippen LogP contribution in [0, 0.1) is 5.92 Å². The lowest BCUT2D eigenvalue weighted by Crippen LogP contribution is -2.28. The summed E-state index contributed by atoms with van der Waals surface area (Å²) in [5.41, 5.74) is 5.43. The van der Waals surface area contributed by atoms with E-state index in [0.717, 1.165) is 25.9 Å². The number of benzene rings is 2. The number of nitrogens with one attached hydrogen (secondary N) is 1. The molecule has 0 amide bonds. The second-order valence-corrected chi connectivity index (χ2v) is 8.24. The Morgan fingerprint density at radius 1 is 1.07 bits per heavy atom. The Morgan fingerprint density at radius 2 is 1.82 bits per heavy atom. The Balaban J connectivity index is 1.53. The summed E-state index contributed by atoms with van der Waals surface area (Å²) in [4.78, 5) is 6.03. The fourth-order valence-corrected chi connectivity index (χ4v) is 4.97. The number of hydrogen-bond donors (Lipinski definition) is 1. The van der Waals surface area contributed by atoms with Crippen LogP contribution in [0.3, 0.4) is 0 Å². The van der Waals surface area contributed by atoms with Crippen molar-refractivity contribution in [3.05, 3.63) is 71.4 Å². The second-order valence-electron chi connectivity index (χ2n) is 8.24. The fraction of sp³-hybridized carbons (Fsp3) is 0.440. The molecule has 1 aliphatic rings. The molecular weight excluding hydrogens is 344 g/mol. The number of para-hydroxylation sites is 1. The number of H-pyrrole nitrogens is 1.